The van der Waals surface area contributed by atoms with E-state index in [4.69, 9.17) is 10.1 Å². The first-order valence-electron chi connectivity index (χ1n) is 7.63. The van der Waals surface area contributed by atoms with E-state index in [1.807, 2.05) is 40.9 Å². The minimum Gasteiger partial charge on any atom is -0.226 e. The normalized spacial score (nSPS) is 11.5. The molecule has 0 aliphatic heterocycles. The first kappa shape index (κ1) is 12.4. The lowest BCUT2D eigenvalue weighted by Gasteiger charge is -2.08. The highest BCUT2D eigenvalue weighted by Gasteiger charge is 2.13. The standard InChI is InChI=1S/C20H13N3/c1-2-8-14(9-3-1)19-15-10-4-5-11-16(15)20-21-17-12-6-7-13-18(17)23(20)22-19/h1-13H. The molecule has 108 valence electrons. The Bertz CT molecular complexity index is 1160. The molecule has 2 aromatic heterocycles. The third-order valence-corrected chi connectivity index (χ3v) is 4.21. The van der Waals surface area contributed by atoms with Crippen molar-refractivity contribution in [1.82, 2.24) is 14.6 Å². The highest BCUT2D eigenvalue weighted by atomic mass is 15.3. The third kappa shape index (κ3) is 1.77. The van der Waals surface area contributed by atoms with Crippen LogP contribution in [0.1, 0.15) is 0 Å². The Hall–Kier alpha value is -3.20. The summed E-state index contributed by atoms with van der Waals surface area (Å²) in [6.45, 7) is 0. The van der Waals surface area contributed by atoms with Crippen molar-refractivity contribution in [2.75, 3.05) is 0 Å². The maximum Gasteiger partial charge on any atom is 0.162 e. The van der Waals surface area contributed by atoms with Crippen molar-refractivity contribution >= 4 is 27.5 Å². The van der Waals surface area contributed by atoms with E-state index in [9.17, 15) is 0 Å². The molecular formula is C20H13N3. The quantitative estimate of drug-likeness (QED) is 0.448. The molecule has 0 atom stereocenters. The van der Waals surface area contributed by atoms with Gasteiger partial charge in [0, 0.05) is 16.3 Å². The molecule has 3 heteroatoms. The van der Waals surface area contributed by atoms with Gasteiger partial charge in [-0.25, -0.2) is 9.50 Å². The molecule has 0 N–H and O–H groups in total. The first-order chi connectivity index (χ1) is 11.4. The van der Waals surface area contributed by atoms with Crippen molar-refractivity contribution in [2.24, 2.45) is 0 Å². The molecule has 0 fully saturated rings. The Morgan fingerprint density at radius 2 is 1.35 bits per heavy atom. The third-order valence-electron chi connectivity index (χ3n) is 4.21. The van der Waals surface area contributed by atoms with E-state index in [-0.39, 0.29) is 0 Å². The molecule has 0 saturated carbocycles. The summed E-state index contributed by atoms with van der Waals surface area (Å²) in [5.41, 5.74) is 5.00. The lowest BCUT2D eigenvalue weighted by molar-refractivity contribution is 0.985. The average molecular weight is 295 g/mol. The Kier molecular flexibility index (Phi) is 2.50. The number of nitrogens with zero attached hydrogens (tertiary/aromatic N) is 3. The van der Waals surface area contributed by atoms with E-state index in [1.165, 1.54) is 0 Å². The lowest BCUT2D eigenvalue weighted by Crippen LogP contribution is -1.97. The van der Waals surface area contributed by atoms with E-state index in [1.54, 1.807) is 0 Å². The van der Waals surface area contributed by atoms with E-state index in [0.29, 0.717) is 0 Å². The van der Waals surface area contributed by atoms with Gasteiger partial charge in [-0.05, 0) is 12.1 Å². The van der Waals surface area contributed by atoms with Crippen LogP contribution < -0.4 is 0 Å². The molecule has 0 saturated heterocycles. The van der Waals surface area contributed by atoms with Crippen LogP contribution in [0.4, 0.5) is 0 Å². The van der Waals surface area contributed by atoms with Gasteiger partial charge in [-0.3, -0.25) is 0 Å². The van der Waals surface area contributed by atoms with Crippen LogP contribution in [0, 0.1) is 0 Å². The number of para-hydroxylation sites is 2. The number of hydrogen-bond donors (Lipinski definition) is 0. The molecule has 0 unspecified atom stereocenters. The van der Waals surface area contributed by atoms with Crippen molar-refractivity contribution in [3.63, 3.8) is 0 Å². The summed E-state index contributed by atoms with van der Waals surface area (Å²) in [6, 6.07) is 26.8. The second-order valence-electron chi connectivity index (χ2n) is 5.60. The van der Waals surface area contributed by atoms with Crippen LogP contribution in [0.15, 0.2) is 78.9 Å². The van der Waals surface area contributed by atoms with Crippen LogP contribution in [0.5, 0.6) is 0 Å². The fraction of sp³-hybridized carbons (Fsp3) is 0. The maximum absolute atomic E-state index is 4.92. The van der Waals surface area contributed by atoms with Gasteiger partial charge in [-0.15, -0.1) is 0 Å². The molecule has 2 heterocycles. The number of benzene rings is 3. The molecule has 0 aliphatic carbocycles. The number of imidazole rings is 1. The SMILES string of the molecule is c1ccc(-c2nn3c4ccccc4nc3c3ccccc23)cc1. The zero-order chi connectivity index (χ0) is 15.2. The number of hydrogen-bond acceptors (Lipinski definition) is 2. The molecule has 0 spiro atoms. The van der Waals surface area contributed by atoms with Crippen LogP contribution in [-0.2, 0) is 0 Å². The maximum atomic E-state index is 4.92. The molecule has 23 heavy (non-hydrogen) atoms. The minimum atomic E-state index is 0.904. The van der Waals surface area contributed by atoms with Crippen LogP contribution in [0.2, 0.25) is 0 Å². The molecule has 0 amide bonds. The summed E-state index contributed by atoms with van der Waals surface area (Å²) in [6.07, 6.45) is 0. The predicted octanol–water partition coefficient (Wildman–Crippen LogP) is 4.70. The topological polar surface area (TPSA) is 30.2 Å². The van der Waals surface area contributed by atoms with E-state index >= 15 is 0 Å². The number of fused-ring (bicyclic) bond motifs is 5. The van der Waals surface area contributed by atoms with E-state index in [0.717, 1.165) is 38.7 Å². The number of rotatable bonds is 1. The fourth-order valence-electron chi connectivity index (χ4n) is 3.14. The molecule has 0 bridgehead atoms. The Labute approximate surface area is 132 Å². The van der Waals surface area contributed by atoms with Gasteiger partial charge in [0.2, 0.25) is 0 Å². The van der Waals surface area contributed by atoms with Gasteiger partial charge in [0.25, 0.3) is 0 Å². The Morgan fingerprint density at radius 3 is 2.22 bits per heavy atom. The van der Waals surface area contributed by atoms with Crippen LogP contribution in [0.3, 0.4) is 0 Å². The zero-order valence-electron chi connectivity index (χ0n) is 12.3. The van der Waals surface area contributed by atoms with Gasteiger partial charge in [0.15, 0.2) is 5.65 Å². The molecule has 0 radical (unpaired) electrons. The molecule has 5 aromatic rings. The Balaban J connectivity index is 2.02. The summed E-state index contributed by atoms with van der Waals surface area (Å²) in [7, 11) is 0. The summed E-state index contributed by atoms with van der Waals surface area (Å²) in [5.74, 6) is 0. The average Bonchev–Trinajstić information content (AvgIpc) is 3.01. The van der Waals surface area contributed by atoms with Gasteiger partial charge >= 0.3 is 0 Å². The molecular weight excluding hydrogens is 282 g/mol. The summed E-state index contributed by atoms with van der Waals surface area (Å²) < 4.78 is 1.96. The smallest absolute Gasteiger partial charge is 0.162 e. The van der Waals surface area contributed by atoms with Crippen LogP contribution in [-0.4, -0.2) is 14.6 Å². The first-order valence-corrected chi connectivity index (χ1v) is 7.63. The van der Waals surface area contributed by atoms with Crippen LogP contribution in [0.25, 0.3) is 38.7 Å². The second-order valence-corrected chi connectivity index (χ2v) is 5.60. The summed E-state index contributed by atoms with van der Waals surface area (Å²) >= 11 is 0. The lowest BCUT2D eigenvalue weighted by atomic mass is 10.1. The van der Waals surface area contributed by atoms with Crippen molar-refractivity contribution in [1.29, 1.82) is 0 Å². The van der Waals surface area contributed by atoms with E-state index < -0.39 is 0 Å². The minimum absolute atomic E-state index is 0.904. The van der Waals surface area contributed by atoms with Crippen molar-refractivity contribution < 1.29 is 0 Å². The fourth-order valence-corrected chi connectivity index (χ4v) is 3.14. The van der Waals surface area contributed by atoms with Crippen molar-refractivity contribution in [3.8, 4) is 11.3 Å². The van der Waals surface area contributed by atoms with Crippen LogP contribution >= 0.6 is 0 Å². The highest BCUT2D eigenvalue weighted by molar-refractivity contribution is 6.03. The monoisotopic (exact) mass is 295 g/mol. The molecule has 3 nitrogen and oxygen atoms in total. The molecule has 5 rings (SSSR count). The van der Waals surface area contributed by atoms with Gasteiger partial charge < -0.3 is 0 Å². The zero-order valence-corrected chi connectivity index (χ0v) is 12.3. The molecule has 0 aliphatic rings. The Morgan fingerprint density at radius 1 is 0.652 bits per heavy atom. The van der Waals surface area contributed by atoms with Gasteiger partial charge in [-0.1, -0.05) is 66.7 Å². The summed E-state index contributed by atoms with van der Waals surface area (Å²) in [4.78, 5) is 4.78. The second kappa shape index (κ2) is 4.65. The number of aromatic nitrogens is 3. The predicted molar refractivity (Wildman–Crippen MR) is 93.4 cm³/mol. The highest BCUT2D eigenvalue weighted by Crippen LogP contribution is 2.30. The summed E-state index contributed by atoms with van der Waals surface area (Å²) in [5, 5.41) is 7.17. The van der Waals surface area contributed by atoms with Crippen molar-refractivity contribution in [2.45, 2.75) is 0 Å². The van der Waals surface area contributed by atoms with E-state index in [2.05, 4.69) is 42.5 Å². The van der Waals surface area contributed by atoms with Crippen molar-refractivity contribution in [3.05, 3.63) is 78.9 Å². The largest absolute Gasteiger partial charge is 0.226 e. The van der Waals surface area contributed by atoms with Gasteiger partial charge in [-0.2, -0.15) is 5.10 Å². The van der Waals surface area contributed by atoms with Gasteiger partial charge in [0.1, 0.15) is 0 Å². The molecule has 3 aromatic carbocycles. The van der Waals surface area contributed by atoms with Gasteiger partial charge in [0.05, 0.1) is 16.7 Å².